The second-order valence-corrected chi connectivity index (χ2v) is 5.40. The summed E-state index contributed by atoms with van der Waals surface area (Å²) >= 11 is 0. The predicted octanol–water partition coefficient (Wildman–Crippen LogP) is 4.30. The Balaban J connectivity index is 2.27. The van der Waals surface area contributed by atoms with Crippen molar-refractivity contribution < 1.29 is 14.6 Å². The SMILES string of the molecule is C=C1/C(C(=O)OCC)=C(/O)Cc2ccccc2-c2ccccc21. The zero-order chi connectivity index (χ0) is 16.4. The van der Waals surface area contributed by atoms with Gasteiger partial charge in [0.25, 0.3) is 0 Å². The van der Waals surface area contributed by atoms with Crippen molar-refractivity contribution >= 4 is 11.5 Å². The average molecular weight is 306 g/mol. The number of aliphatic hydroxyl groups is 1. The summed E-state index contributed by atoms with van der Waals surface area (Å²) in [6, 6.07) is 15.6. The fourth-order valence-corrected chi connectivity index (χ4v) is 2.94. The number of allylic oxidation sites excluding steroid dienone is 1. The third kappa shape index (κ3) is 2.66. The molecule has 0 amide bonds. The van der Waals surface area contributed by atoms with E-state index in [1.54, 1.807) is 6.92 Å². The van der Waals surface area contributed by atoms with Crippen LogP contribution in [0.3, 0.4) is 0 Å². The first-order chi connectivity index (χ1) is 11.1. The third-order valence-corrected chi connectivity index (χ3v) is 3.99. The van der Waals surface area contributed by atoms with Crippen LogP contribution in [0, 0.1) is 0 Å². The van der Waals surface area contributed by atoms with Crippen molar-refractivity contribution in [2.24, 2.45) is 0 Å². The van der Waals surface area contributed by atoms with Gasteiger partial charge in [-0.05, 0) is 34.8 Å². The van der Waals surface area contributed by atoms with E-state index in [2.05, 4.69) is 6.58 Å². The van der Waals surface area contributed by atoms with Crippen LogP contribution in [-0.2, 0) is 16.0 Å². The average Bonchev–Trinajstić information content (AvgIpc) is 2.55. The van der Waals surface area contributed by atoms with Crippen LogP contribution in [-0.4, -0.2) is 17.7 Å². The van der Waals surface area contributed by atoms with Crippen LogP contribution < -0.4 is 0 Å². The van der Waals surface area contributed by atoms with E-state index in [-0.39, 0.29) is 24.4 Å². The van der Waals surface area contributed by atoms with Gasteiger partial charge in [0.2, 0.25) is 0 Å². The lowest BCUT2D eigenvalue weighted by Gasteiger charge is -2.21. The van der Waals surface area contributed by atoms with E-state index in [0.717, 1.165) is 22.3 Å². The number of benzene rings is 2. The largest absolute Gasteiger partial charge is 0.511 e. The van der Waals surface area contributed by atoms with Crippen molar-refractivity contribution in [2.75, 3.05) is 6.61 Å². The molecule has 1 N–H and O–H groups in total. The second kappa shape index (κ2) is 6.13. The minimum atomic E-state index is -0.538. The minimum Gasteiger partial charge on any atom is -0.511 e. The Morgan fingerprint density at radius 2 is 1.70 bits per heavy atom. The summed E-state index contributed by atoms with van der Waals surface area (Å²) in [5.74, 6) is -0.542. The number of carbonyl (C=O) groups is 1. The van der Waals surface area contributed by atoms with Gasteiger partial charge in [-0.15, -0.1) is 0 Å². The molecule has 0 bridgehead atoms. The highest BCUT2D eigenvalue weighted by molar-refractivity contribution is 6.08. The van der Waals surface area contributed by atoms with Crippen molar-refractivity contribution in [2.45, 2.75) is 13.3 Å². The Morgan fingerprint density at radius 3 is 2.39 bits per heavy atom. The molecule has 0 saturated heterocycles. The number of hydrogen-bond acceptors (Lipinski definition) is 3. The Morgan fingerprint density at radius 1 is 1.09 bits per heavy atom. The maximum atomic E-state index is 12.3. The van der Waals surface area contributed by atoms with Crippen LogP contribution >= 0.6 is 0 Å². The molecule has 0 radical (unpaired) electrons. The number of aliphatic hydroxyl groups excluding tert-OH is 1. The molecule has 2 aromatic carbocycles. The van der Waals surface area contributed by atoms with Crippen LogP contribution in [0.25, 0.3) is 16.7 Å². The van der Waals surface area contributed by atoms with Gasteiger partial charge in [0, 0.05) is 6.42 Å². The number of carbonyl (C=O) groups excluding carboxylic acids is 1. The first-order valence-corrected chi connectivity index (χ1v) is 7.59. The van der Waals surface area contributed by atoms with Gasteiger partial charge >= 0.3 is 5.97 Å². The van der Waals surface area contributed by atoms with Crippen molar-refractivity contribution in [3.8, 4) is 11.1 Å². The molecule has 1 aliphatic rings. The van der Waals surface area contributed by atoms with Crippen LogP contribution in [0.15, 0.2) is 66.4 Å². The standard InChI is InChI=1S/C20H18O3/c1-3-23-20(22)19-13(2)15-9-6-7-11-17(15)16-10-5-4-8-14(16)12-18(19)21/h4-11,21H,2-3,12H2,1H3/b19-18-. The van der Waals surface area contributed by atoms with Gasteiger partial charge in [-0.25, -0.2) is 4.79 Å². The van der Waals surface area contributed by atoms with E-state index in [4.69, 9.17) is 4.74 Å². The molecule has 23 heavy (non-hydrogen) atoms. The zero-order valence-electron chi connectivity index (χ0n) is 13.0. The summed E-state index contributed by atoms with van der Waals surface area (Å²) in [5.41, 5.74) is 4.49. The Kier molecular flexibility index (Phi) is 4.02. The highest BCUT2D eigenvalue weighted by Gasteiger charge is 2.26. The molecule has 116 valence electrons. The molecule has 0 heterocycles. The summed E-state index contributed by atoms with van der Waals surface area (Å²) in [4.78, 5) is 12.3. The molecular formula is C20H18O3. The van der Waals surface area contributed by atoms with E-state index in [1.165, 1.54) is 0 Å². The first-order valence-electron chi connectivity index (χ1n) is 7.59. The predicted molar refractivity (Wildman–Crippen MR) is 90.9 cm³/mol. The van der Waals surface area contributed by atoms with Crippen molar-refractivity contribution in [3.63, 3.8) is 0 Å². The summed E-state index contributed by atoms with van der Waals surface area (Å²) in [5, 5.41) is 10.5. The van der Waals surface area contributed by atoms with Gasteiger partial charge in [-0.2, -0.15) is 0 Å². The highest BCUT2D eigenvalue weighted by Crippen LogP contribution is 2.38. The van der Waals surface area contributed by atoms with Gasteiger partial charge in [0.05, 0.1) is 6.61 Å². The van der Waals surface area contributed by atoms with Gasteiger partial charge in [0.1, 0.15) is 11.3 Å². The van der Waals surface area contributed by atoms with Crippen molar-refractivity contribution in [1.82, 2.24) is 0 Å². The maximum Gasteiger partial charge on any atom is 0.342 e. The third-order valence-electron chi connectivity index (χ3n) is 3.99. The molecule has 0 unspecified atom stereocenters. The smallest absolute Gasteiger partial charge is 0.342 e. The molecule has 2 aromatic rings. The number of rotatable bonds is 2. The fourth-order valence-electron chi connectivity index (χ4n) is 2.94. The van der Waals surface area contributed by atoms with E-state index in [0.29, 0.717) is 5.57 Å². The lowest BCUT2D eigenvalue weighted by Crippen LogP contribution is -2.14. The Bertz CT molecular complexity index is 815. The summed E-state index contributed by atoms with van der Waals surface area (Å²) in [6.45, 7) is 6.04. The van der Waals surface area contributed by atoms with Crippen LogP contribution in [0.4, 0.5) is 0 Å². The topological polar surface area (TPSA) is 46.5 Å². The molecule has 3 heteroatoms. The molecule has 3 nitrogen and oxygen atoms in total. The second-order valence-electron chi connectivity index (χ2n) is 5.40. The molecule has 0 atom stereocenters. The van der Waals surface area contributed by atoms with Crippen LogP contribution in [0.5, 0.6) is 0 Å². The van der Waals surface area contributed by atoms with Gasteiger partial charge in [-0.1, -0.05) is 55.1 Å². The molecule has 3 rings (SSSR count). The molecule has 0 aromatic heterocycles. The van der Waals surface area contributed by atoms with E-state index < -0.39 is 5.97 Å². The summed E-state index contributed by atoms with van der Waals surface area (Å²) in [7, 11) is 0. The quantitative estimate of drug-likeness (QED) is 0.842. The van der Waals surface area contributed by atoms with Crippen LogP contribution in [0.1, 0.15) is 18.1 Å². The number of ether oxygens (including phenoxy) is 1. The van der Waals surface area contributed by atoms with Crippen molar-refractivity contribution in [1.29, 1.82) is 0 Å². The lowest BCUT2D eigenvalue weighted by atomic mass is 9.85. The summed E-state index contributed by atoms with van der Waals surface area (Å²) < 4.78 is 5.10. The number of esters is 1. The Hall–Kier alpha value is -2.81. The molecule has 1 aliphatic carbocycles. The minimum absolute atomic E-state index is 0.00426. The van der Waals surface area contributed by atoms with E-state index in [1.807, 2.05) is 48.5 Å². The molecular weight excluding hydrogens is 288 g/mol. The highest BCUT2D eigenvalue weighted by atomic mass is 16.5. The zero-order valence-corrected chi connectivity index (χ0v) is 13.0. The number of hydrogen-bond donors (Lipinski definition) is 1. The van der Waals surface area contributed by atoms with Gasteiger partial charge < -0.3 is 9.84 Å². The number of fused-ring (bicyclic) bond motifs is 3. The van der Waals surface area contributed by atoms with Crippen LogP contribution in [0.2, 0.25) is 0 Å². The monoisotopic (exact) mass is 306 g/mol. The maximum absolute atomic E-state index is 12.3. The lowest BCUT2D eigenvalue weighted by molar-refractivity contribution is -0.138. The Labute approximate surface area is 135 Å². The van der Waals surface area contributed by atoms with Crippen molar-refractivity contribution in [3.05, 3.63) is 77.6 Å². The first kappa shape index (κ1) is 15.1. The molecule has 0 fully saturated rings. The normalized spacial score (nSPS) is 16.8. The summed E-state index contributed by atoms with van der Waals surface area (Å²) in [6.07, 6.45) is 0.275. The molecule has 0 saturated carbocycles. The molecule has 0 spiro atoms. The molecule has 0 aliphatic heterocycles. The van der Waals surface area contributed by atoms with E-state index >= 15 is 0 Å². The fraction of sp³-hybridized carbons (Fsp3) is 0.150. The van der Waals surface area contributed by atoms with E-state index in [9.17, 15) is 9.90 Å². The van der Waals surface area contributed by atoms with Gasteiger partial charge in [-0.3, -0.25) is 0 Å². The van der Waals surface area contributed by atoms with Gasteiger partial charge in [0.15, 0.2) is 0 Å².